The molecule has 0 fully saturated rings. The number of hydrogen-bond donors (Lipinski definition) is 2. The van der Waals surface area contributed by atoms with Gasteiger partial charge in [0.25, 0.3) is 5.91 Å². The molecule has 144 valence electrons. The Morgan fingerprint density at radius 3 is 2.57 bits per heavy atom. The molecule has 0 spiro atoms. The highest BCUT2D eigenvalue weighted by Gasteiger charge is 2.18. The number of rotatable bonds is 5. The van der Waals surface area contributed by atoms with E-state index in [2.05, 4.69) is 10.5 Å². The standard InChI is InChI=1S/C20H19N3O4S/c1-23(2)28(26,27)16-8-5-7-15(12-16)20(25)22-21-13-18-17-9-4-3-6-14(17)10-11-19(18)24/h3-13,24H,1-2H3,(H,22,25)/b21-13+. The van der Waals surface area contributed by atoms with Crippen LogP contribution in [0.15, 0.2) is 70.7 Å². The minimum atomic E-state index is -3.64. The number of aromatic hydroxyl groups is 1. The molecule has 0 radical (unpaired) electrons. The molecule has 0 bridgehead atoms. The van der Waals surface area contributed by atoms with Gasteiger partial charge in [-0.2, -0.15) is 5.10 Å². The summed E-state index contributed by atoms with van der Waals surface area (Å²) in [6.07, 6.45) is 1.36. The Balaban J connectivity index is 1.83. The van der Waals surface area contributed by atoms with Crippen molar-refractivity contribution in [2.45, 2.75) is 4.90 Å². The van der Waals surface area contributed by atoms with E-state index in [1.54, 1.807) is 12.1 Å². The molecule has 28 heavy (non-hydrogen) atoms. The molecule has 3 aromatic rings. The van der Waals surface area contributed by atoms with Gasteiger partial charge in [0.2, 0.25) is 10.0 Å². The Morgan fingerprint density at radius 1 is 1.07 bits per heavy atom. The third-order valence-corrected chi connectivity index (χ3v) is 5.99. The molecule has 2 N–H and O–H groups in total. The van der Waals surface area contributed by atoms with Crippen LogP contribution in [0.3, 0.4) is 0 Å². The van der Waals surface area contributed by atoms with Crippen LogP contribution in [0.5, 0.6) is 5.75 Å². The molecule has 0 unspecified atom stereocenters. The summed E-state index contributed by atoms with van der Waals surface area (Å²) in [6.45, 7) is 0. The molecular weight excluding hydrogens is 378 g/mol. The van der Waals surface area contributed by atoms with Crippen LogP contribution in [0.2, 0.25) is 0 Å². The molecule has 7 nitrogen and oxygen atoms in total. The van der Waals surface area contributed by atoms with E-state index in [0.29, 0.717) is 5.56 Å². The topological polar surface area (TPSA) is 99.1 Å². The summed E-state index contributed by atoms with van der Waals surface area (Å²) in [5.41, 5.74) is 2.99. The van der Waals surface area contributed by atoms with Gasteiger partial charge in [-0.1, -0.05) is 36.4 Å². The molecule has 0 aromatic heterocycles. The predicted octanol–water partition coefficient (Wildman–Crippen LogP) is 2.56. The fourth-order valence-electron chi connectivity index (χ4n) is 2.65. The number of hydrazone groups is 1. The maximum atomic E-state index is 12.3. The predicted molar refractivity (Wildman–Crippen MR) is 108 cm³/mol. The van der Waals surface area contributed by atoms with Gasteiger partial charge in [-0.3, -0.25) is 4.79 Å². The average Bonchev–Trinajstić information content (AvgIpc) is 2.69. The first kappa shape index (κ1) is 19.5. The SMILES string of the molecule is CN(C)S(=O)(=O)c1cccc(C(=O)N/N=C/c2c(O)ccc3ccccc23)c1. The summed E-state index contributed by atoms with van der Waals surface area (Å²) in [7, 11) is -0.805. The van der Waals surface area contributed by atoms with E-state index >= 15 is 0 Å². The van der Waals surface area contributed by atoms with E-state index in [1.807, 2.05) is 24.3 Å². The van der Waals surface area contributed by atoms with Crippen molar-refractivity contribution >= 4 is 32.9 Å². The number of amides is 1. The highest BCUT2D eigenvalue weighted by molar-refractivity contribution is 7.89. The Kier molecular flexibility index (Phi) is 5.43. The number of phenols is 1. The number of nitrogens with one attached hydrogen (secondary N) is 1. The first-order chi connectivity index (χ1) is 13.3. The number of benzene rings is 3. The number of nitrogens with zero attached hydrogens (tertiary/aromatic N) is 2. The summed E-state index contributed by atoms with van der Waals surface area (Å²) in [6, 6.07) is 16.5. The molecule has 0 aliphatic rings. The van der Waals surface area contributed by atoms with Crippen molar-refractivity contribution in [3.05, 3.63) is 71.8 Å². The third-order valence-electron chi connectivity index (χ3n) is 4.18. The van der Waals surface area contributed by atoms with Crippen LogP contribution in [-0.2, 0) is 10.0 Å². The quantitative estimate of drug-likeness (QED) is 0.511. The van der Waals surface area contributed by atoms with Crippen molar-refractivity contribution in [1.82, 2.24) is 9.73 Å². The average molecular weight is 397 g/mol. The first-order valence-corrected chi connectivity index (χ1v) is 9.81. The molecule has 8 heteroatoms. The number of fused-ring (bicyclic) bond motifs is 1. The maximum absolute atomic E-state index is 12.3. The lowest BCUT2D eigenvalue weighted by atomic mass is 10.0. The van der Waals surface area contributed by atoms with Gasteiger partial charge in [0.05, 0.1) is 11.1 Å². The minimum Gasteiger partial charge on any atom is -0.507 e. The zero-order valence-electron chi connectivity index (χ0n) is 15.3. The van der Waals surface area contributed by atoms with Gasteiger partial charge in [-0.15, -0.1) is 0 Å². The van der Waals surface area contributed by atoms with E-state index in [9.17, 15) is 18.3 Å². The maximum Gasteiger partial charge on any atom is 0.271 e. The molecule has 0 aliphatic heterocycles. The van der Waals surface area contributed by atoms with Crippen LogP contribution in [0.25, 0.3) is 10.8 Å². The van der Waals surface area contributed by atoms with E-state index < -0.39 is 15.9 Å². The second-order valence-electron chi connectivity index (χ2n) is 6.23. The molecule has 0 heterocycles. The van der Waals surface area contributed by atoms with E-state index in [1.165, 1.54) is 44.6 Å². The van der Waals surface area contributed by atoms with Crippen LogP contribution < -0.4 is 5.43 Å². The van der Waals surface area contributed by atoms with Gasteiger partial charge < -0.3 is 5.11 Å². The van der Waals surface area contributed by atoms with Gasteiger partial charge >= 0.3 is 0 Å². The Labute approximate surface area is 163 Å². The summed E-state index contributed by atoms with van der Waals surface area (Å²) in [5.74, 6) is -0.525. The Bertz CT molecular complexity index is 1170. The second-order valence-corrected chi connectivity index (χ2v) is 8.39. The van der Waals surface area contributed by atoms with Crippen LogP contribution in [0.1, 0.15) is 15.9 Å². The number of carbonyl (C=O) groups is 1. The fraction of sp³-hybridized carbons (Fsp3) is 0.100. The van der Waals surface area contributed by atoms with Gasteiger partial charge in [-0.25, -0.2) is 18.1 Å². The van der Waals surface area contributed by atoms with Crippen molar-refractivity contribution in [2.24, 2.45) is 5.10 Å². The minimum absolute atomic E-state index is 0.0147. The molecule has 0 saturated heterocycles. The Morgan fingerprint density at radius 2 is 1.82 bits per heavy atom. The molecule has 3 aromatic carbocycles. The van der Waals surface area contributed by atoms with E-state index in [0.717, 1.165) is 15.1 Å². The lowest BCUT2D eigenvalue weighted by Crippen LogP contribution is -2.23. The summed E-state index contributed by atoms with van der Waals surface area (Å²) >= 11 is 0. The zero-order chi connectivity index (χ0) is 20.3. The molecule has 0 atom stereocenters. The smallest absolute Gasteiger partial charge is 0.271 e. The lowest BCUT2D eigenvalue weighted by molar-refractivity contribution is 0.0955. The molecule has 0 saturated carbocycles. The van der Waals surface area contributed by atoms with Crippen LogP contribution >= 0.6 is 0 Å². The van der Waals surface area contributed by atoms with Gasteiger partial charge in [0, 0.05) is 25.2 Å². The number of sulfonamides is 1. The van der Waals surface area contributed by atoms with E-state index in [-0.39, 0.29) is 16.2 Å². The number of carbonyl (C=O) groups excluding carboxylic acids is 1. The molecular formula is C20H19N3O4S. The summed E-state index contributed by atoms with van der Waals surface area (Å²) in [4.78, 5) is 12.4. The molecule has 1 amide bonds. The Hall–Kier alpha value is -3.23. The normalized spacial score (nSPS) is 12.0. The third kappa shape index (κ3) is 3.88. The van der Waals surface area contributed by atoms with Gasteiger partial charge in [-0.05, 0) is 35.0 Å². The van der Waals surface area contributed by atoms with Crippen molar-refractivity contribution in [3.8, 4) is 5.75 Å². The molecule has 3 rings (SSSR count). The lowest BCUT2D eigenvalue weighted by Gasteiger charge is -2.11. The monoisotopic (exact) mass is 397 g/mol. The summed E-state index contributed by atoms with van der Waals surface area (Å²) in [5, 5.41) is 15.7. The zero-order valence-corrected chi connectivity index (χ0v) is 16.1. The van der Waals surface area contributed by atoms with Gasteiger partial charge in [0.1, 0.15) is 5.75 Å². The highest BCUT2D eigenvalue weighted by Crippen LogP contribution is 2.25. The van der Waals surface area contributed by atoms with Crippen molar-refractivity contribution in [1.29, 1.82) is 0 Å². The first-order valence-electron chi connectivity index (χ1n) is 8.37. The van der Waals surface area contributed by atoms with Gasteiger partial charge in [0.15, 0.2) is 0 Å². The largest absolute Gasteiger partial charge is 0.507 e. The fourth-order valence-corrected chi connectivity index (χ4v) is 3.60. The van der Waals surface area contributed by atoms with E-state index in [4.69, 9.17) is 0 Å². The molecule has 0 aliphatic carbocycles. The highest BCUT2D eigenvalue weighted by atomic mass is 32.2. The van der Waals surface area contributed by atoms with Crippen LogP contribution in [0, 0.1) is 0 Å². The van der Waals surface area contributed by atoms with Crippen LogP contribution in [-0.4, -0.2) is 44.0 Å². The number of hydrogen-bond acceptors (Lipinski definition) is 5. The number of phenolic OH excluding ortho intramolecular Hbond substituents is 1. The van der Waals surface area contributed by atoms with Crippen molar-refractivity contribution in [3.63, 3.8) is 0 Å². The summed E-state index contributed by atoms with van der Waals surface area (Å²) < 4.78 is 25.5. The van der Waals surface area contributed by atoms with Crippen LogP contribution in [0.4, 0.5) is 0 Å². The van der Waals surface area contributed by atoms with Crippen molar-refractivity contribution in [2.75, 3.05) is 14.1 Å². The van der Waals surface area contributed by atoms with Crippen molar-refractivity contribution < 1.29 is 18.3 Å². The second kappa shape index (κ2) is 7.79.